The molecule has 1 aliphatic heterocycles. The molecule has 1 saturated heterocycles. The highest BCUT2D eigenvalue weighted by Crippen LogP contribution is 2.24. The fourth-order valence-corrected chi connectivity index (χ4v) is 3.11. The van der Waals surface area contributed by atoms with Gasteiger partial charge in [0.15, 0.2) is 0 Å². The Hall–Kier alpha value is -0.510. The number of thiol groups is 1. The van der Waals surface area contributed by atoms with E-state index in [2.05, 4.69) is 41.8 Å². The van der Waals surface area contributed by atoms with E-state index in [1.54, 1.807) is 0 Å². The molecule has 100 valence electrons. The predicted molar refractivity (Wildman–Crippen MR) is 79.3 cm³/mol. The third kappa shape index (κ3) is 3.74. The maximum Gasteiger partial charge on any atom is 0.0746 e. The molecule has 0 spiro atoms. The van der Waals surface area contributed by atoms with Gasteiger partial charge in [0.25, 0.3) is 0 Å². The van der Waals surface area contributed by atoms with Crippen molar-refractivity contribution in [2.45, 2.75) is 31.3 Å². The van der Waals surface area contributed by atoms with Gasteiger partial charge in [0.05, 0.1) is 5.60 Å². The molecule has 3 heteroatoms. The lowest BCUT2D eigenvalue weighted by Gasteiger charge is -2.38. The quantitative estimate of drug-likeness (QED) is 0.817. The Labute approximate surface area is 115 Å². The van der Waals surface area contributed by atoms with Gasteiger partial charge in [-0.3, -0.25) is 4.90 Å². The molecule has 0 amide bonds. The Morgan fingerprint density at radius 2 is 2.11 bits per heavy atom. The van der Waals surface area contributed by atoms with Crippen molar-refractivity contribution in [2.24, 2.45) is 0 Å². The van der Waals surface area contributed by atoms with Crippen LogP contribution >= 0.6 is 12.6 Å². The van der Waals surface area contributed by atoms with Gasteiger partial charge in [0.2, 0.25) is 0 Å². The minimum absolute atomic E-state index is 0.448. The molecular formula is C15H23NOS. The second-order valence-corrected chi connectivity index (χ2v) is 5.99. The SMILES string of the molecule is CC1(O)CCCN(CC(CS)c2ccccc2)C1. The summed E-state index contributed by atoms with van der Waals surface area (Å²) in [6, 6.07) is 10.5. The van der Waals surface area contributed by atoms with Crippen LogP contribution in [0.2, 0.25) is 0 Å². The van der Waals surface area contributed by atoms with Gasteiger partial charge in [-0.05, 0) is 37.6 Å². The van der Waals surface area contributed by atoms with Crippen LogP contribution in [0.15, 0.2) is 30.3 Å². The van der Waals surface area contributed by atoms with E-state index in [-0.39, 0.29) is 0 Å². The first-order valence-corrected chi connectivity index (χ1v) is 7.34. The Kier molecular flexibility index (Phi) is 4.71. The van der Waals surface area contributed by atoms with Crippen molar-refractivity contribution < 1.29 is 5.11 Å². The summed E-state index contributed by atoms with van der Waals surface area (Å²) in [5.41, 5.74) is 0.827. The zero-order valence-electron chi connectivity index (χ0n) is 11.0. The maximum atomic E-state index is 10.1. The smallest absolute Gasteiger partial charge is 0.0746 e. The van der Waals surface area contributed by atoms with E-state index in [1.807, 2.05) is 13.0 Å². The van der Waals surface area contributed by atoms with E-state index in [0.29, 0.717) is 5.92 Å². The minimum Gasteiger partial charge on any atom is -0.389 e. The molecule has 2 unspecified atom stereocenters. The molecule has 1 fully saturated rings. The normalized spacial score (nSPS) is 27.1. The van der Waals surface area contributed by atoms with E-state index in [9.17, 15) is 5.11 Å². The number of rotatable bonds is 4. The van der Waals surface area contributed by atoms with Gasteiger partial charge in [-0.1, -0.05) is 30.3 Å². The molecule has 18 heavy (non-hydrogen) atoms. The van der Waals surface area contributed by atoms with Crippen molar-refractivity contribution in [3.63, 3.8) is 0 Å². The summed E-state index contributed by atoms with van der Waals surface area (Å²) in [5, 5.41) is 10.1. The molecule has 0 radical (unpaired) electrons. The Morgan fingerprint density at radius 1 is 1.39 bits per heavy atom. The highest BCUT2D eigenvalue weighted by Gasteiger charge is 2.29. The fraction of sp³-hybridized carbons (Fsp3) is 0.600. The summed E-state index contributed by atoms with van der Waals surface area (Å²) in [6.45, 7) is 4.80. The molecule has 1 N–H and O–H groups in total. The number of β-amino-alcohol motifs (C(OH)–C–C–N with tert-alkyl or cyclic N) is 1. The standard InChI is InChI=1S/C15H23NOS/c1-15(17)8-5-9-16(12-15)10-14(11-18)13-6-3-2-4-7-13/h2-4,6-7,14,17-18H,5,8-12H2,1H3. The van der Waals surface area contributed by atoms with E-state index >= 15 is 0 Å². The van der Waals surface area contributed by atoms with Gasteiger partial charge in [-0.2, -0.15) is 12.6 Å². The summed E-state index contributed by atoms with van der Waals surface area (Å²) < 4.78 is 0. The maximum absolute atomic E-state index is 10.1. The van der Waals surface area contributed by atoms with Gasteiger partial charge >= 0.3 is 0 Å². The number of nitrogens with zero attached hydrogens (tertiary/aromatic N) is 1. The number of aliphatic hydroxyl groups is 1. The van der Waals surface area contributed by atoms with Crippen molar-refractivity contribution >= 4 is 12.6 Å². The first-order valence-electron chi connectivity index (χ1n) is 6.71. The highest BCUT2D eigenvalue weighted by molar-refractivity contribution is 7.80. The average Bonchev–Trinajstić information content (AvgIpc) is 2.36. The lowest BCUT2D eigenvalue weighted by atomic mass is 9.93. The number of likely N-dealkylation sites (tertiary alicyclic amines) is 1. The van der Waals surface area contributed by atoms with Crippen LogP contribution in [0.1, 0.15) is 31.2 Å². The van der Waals surface area contributed by atoms with Gasteiger partial charge in [-0.25, -0.2) is 0 Å². The van der Waals surface area contributed by atoms with E-state index in [4.69, 9.17) is 0 Å². The van der Waals surface area contributed by atoms with Crippen molar-refractivity contribution in [1.82, 2.24) is 4.90 Å². The van der Waals surface area contributed by atoms with E-state index < -0.39 is 5.60 Å². The summed E-state index contributed by atoms with van der Waals surface area (Å²) in [4.78, 5) is 2.37. The van der Waals surface area contributed by atoms with Crippen LogP contribution in [0.5, 0.6) is 0 Å². The van der Waals surface area contributed by atoms with Gasteiger partial charge in [0, 0.05) is 19.0 Å². The van der Waals surface area contributed by atoms with Crippen molar-refractivity contribution in [2.75, 3.05) is 25.4 Å². The zero-order valence-corrected chi connectivity index (χ0v) is 11.9. The molecule has 0 aliphatic carbocycles. The van der Waals surface area contributed by atoms with Crippen molar-refractivity contribution in [3.05, 3.63) is 35.9 Å². The second-order valence-electron chi connectivity index (χ2n) is 5.63. The molecule has 0 aromatic heterocycles. The highest BCUT2D eigenvalue weighted by atomic mass is 32.1. The molecule has 1 aromatic rings. The van der Waals surface area contributed by atoms with Crippen LogP contribution in [-0.2, 0) is 0 Å². The predicted octanol–water partition coefficient (Wildman–Crippen LogP) is 2.55. The van der Waals surface area contributed by atoms with Crippen LogP contribution in [0.3, 0.4) is 0 Å². The van der Waals surface area contributed by atoms with Gasteiger partial charge < -0.3 is 5.11 Å². The van der Waals surface area contributed by atoms with Gasteiger partial charge in [-0.15, -0.1) is 0 Å². The summed E-state index contributed by atoms with van der Waals surface area (Å²) in [7, 11) is 0. The minimum atomic E-state index is -0.518. The Balaban J connectivity index is 1.98. The van der Waals surface area contributed by atoms with Crippen molar-refractivity contribution in [1.29, 1.82) is 0 Å². The van der Waals surface area contributed by atoms with Crippen LogP contribution in [0.25, 0.3) is 0 Å². The number of benzene rings is 1. The van der Waals surface area contributed by atoms with Crippen LogP contribution in [0, 0.1) is 0 Å². The number of hydrogen-bond donors (Lipinski definition) is 2. The summed E-state index contributed by atoms with van der Waals surface area (Å²) in [5.74, 6) is 1.30. The lowest BCUT2D eigenvalue weighted by molar-refractivity contribution is -0.0166. The molecule has 2 rings (SSSR count). The lowest BCUT2D eigenvalue weighted by Crippen LogP contribution is -2.47. The number of hydrogen-bond acceptors (Lipinski definition) is 3. The summed E-state index contributed by atoms with van der Waals surface area (Å²) >= 11 is 4.48. The molecule has 1 aliphatic rings. The average molecular weight is 265 g/mol. The molecule has 0 bridgehead atoms. The van der Waals surface area contributed by atoms with Crippen molar-refractivity contribution in [3.8, 4) is 0 Å². The first kappa shape index (κ1) is 13.9. The molecule has 0 saturated carbocycles. The second kappa shape index (κ2) is 6.09. The zero-order chi connectivity index (χ0) is 13.0. The van der Waals surface area contributed by atoms with Crippen LogP contribution < -0.4 is 0 Å². The van der Waals surface area contributed by atoms with E-state index in [1.165, 1.54) is 5.56 Å². The van der Waals surface area contributed by atoms with Gasteiger partial charge in [0.1, 0.15) is 0 Å². The third-order valence-electron chi connectivity index (χ3n) is 3.72. The molecule has 1 aromatic carbocycles. The molecule has 1 heterocycles. The molecule has 2 atom stereocenters. The molecule has 2 nitrogen and oxygen atoms in total. The first-order chi connectivity index (χ1) is 8.61. The number of piperidine rings is 1. The molecular weight excluding hydrogens is 242 g/mol. The van der Waals surface area contributed by atoms with Crippen LogP contribution in [0.4, 0.5) is 0 Å². The third-order valence-corrected chi connectivity index (χ3v) is 4.16. The fourth-order valence-electron chi connectivity index (χ4n) is 2.78. The Bertz CT molecular complexity index is 366. The monoisotopic (exact) mass is 265 g/mol. The van der Waals surface area contributed by atoms with E-state index in [0.717, 1.165) is 38.2 Å². The summed E-state index contributed by atoms with van der Waals surface area (Å²) in [6.07, 6.45) is 2.00. The topological polar surface area (TPSA) is 23.5 Å². The van der Waals surface area contributed by atoms with Crippen LogP contribution in [-0.4, -0.2) is 41.0 Å². The largest absolute Gasteiger partial charge is 0.389 e. The Morgan fingerprint density at radius 3 is 2.72 bits per heavy atom.